The van der Waals surface area contributed by atoms with Crippen molar-refractivity contribution < 1.29 is 9.59 Å². The van der Waals surface area contributed by atoms with Crippen LogP contribution >= 0.6 is 12.4 Å². The summed E-state index contributed by atoms with van der Waals surface area (Å²) in [4.78, 5) is 24.3. The standard InChI is InChI=1S/C19H29N3O2.ClH/c1-12(2)9-18(23)21-16-8-7-14(10-13(16)3)19(24)22-17-6-4-5-15(17)11-20;/h7-8,10,12,15,17H,4-6,9,11,20H2,1-3H3,(H,21,23)(H,22,24);1H. The quantitative estimate of drug-likeness (QED) is 0.721. The number of hydrogen-bond donors (Lipinski definition) is 3. The summed E-state index contributed by atoms with van der Waals surface area (Å²) in [5.41, 5.74) is 8.05. The highest BCUT2D eigenvalue weighted by Crippen LogP contribution is 2.25. The monoisotopic (exact) mass is 367 g/mol. The maximum absolute atomic E-state index is 12.5. The topological polar surface area (TPSA) is 84.2 Å². The number of nitrogens with one attached hydrogen (secondary N) is 2. The molecule has 1 fully saturated rings. The molecule has 1 aliphatic rings. The van der Waals surface area contributed by atoms with Gasteiger partial charge in [-0.2, -0.15) is 0 Å². The molecule has 0 aliphatic heterocycles. The maximum atomic E-state index is 12.5. The van der Waals surface area contributed by atoms with Gasteiger partial charge in [0.25, 0.3) is 5.91 Å². The van der Waals surface area contributed by atoms with Crippen LogP contribution in [0.3, 0.4) is 0 Å². The minimum atomic E-state index is -0.0662. The third kappa shape index (κ3) is 6.01. The summed E-state index contributed by atoms with van der Waals surface area (Å²) >= 11 is 0. The van der Waals surface area contributed by atoms with E-state index >= 15 is 0 Å². The van der Waals surface area contributed by atoms with Gasteiger partial charge in [-0.15, -0.1) is 12.4 Å². The number of anilines is 1. The van der Waals surface area contributed by atoms with Crippen LogP contribution in [0.1, 0.15) is 55.5 Å². The molecule has 4 N–H and O–H groups in total. The van der Waals surface area contributed by atoms with Crippen molar-refractivity contribution in [2.45, 2.75) is 52.5 Å². The van der Waals surface area contributed by atoms with Crippen molar-refractivity contribution in [2.75, 3.05) is 11.9 Å². The lowest BCUT2D eigenvalue weighted by molar-refractivity contribution is -0.116. The predicted octanol–water partition coefficient (Wildman–Crippen LogP) is 3.26. The maximum Gasteiger partial charge on any atom is 0.251 e. The molecule has 2 amide bonds. The molecule has 25 heavy (non-hydrogen) atoms. The Balaban J connectivity index is 0.00000312. The Morgan fingerprint density at radius 2 is 2.00 bits per heavy atom. The molecule has 1 aromatic rings. The number of rotatable bonds is 6. The summed E-state index contributed by atoms with van der Waals surface area (Å²) in [7, 11) is 0. The van der Waals surface area contributed by atoms with Gasteiger partial charge < -0.3 is 16.4 Å². The lowest BCUT2D eigenvalue weighted by Crippen LogP contribution is -2.39. The van der Waals surface area contributed by atoms with Crippen molar-refractivity contribution in [3.05, 3.63) is 29.3 Å². The molecule has 0 radical (unpaired) electrons. The van der Waals surface area contributed by atoms with Gasteiger partial charge in [-0.3, -0.25) is 9.59 Å². The Labute approximate surface area is 156 Å². The summed E-state index contributed by atoms with van der Waals surface area (Å²) in [5.74, 6) is 0.632. The summed E-state index contributed by atoms with van der Waals surface area (Å²) in [5, 5.41) is 6.01. The van der Waals surface area contributed by atoms with Crippen molar-refractivity contribution in [3.8, 4) is 0 Å². The number of hydrogen-bond acceptors (Lipinski definition) is 3. The Kier molecular flexibility index (Phi) is 8.39. The number of carbonyl (C=O) groups excluding carboxylic acids is 2. The Morgan fingerprint density at radius 3 is 2.60 bits per heavy atom. The minimum Gasteiger partial charge on any atom is -0.349 e. The van der Waals surface area contributed by atoms with E-state index in [0.717, 1.165) is 30.5 Å². The molecule has 6 heteroatoms. The van der Waals surface area contributed by atoms with Gasteiger partial charge in [0.1, 0.15) is 0 Å². The normalized spacial score (nSPS) is 19.4. The van der Waals surface area contributed by atoms with Crippen molar-refractivity contribution in [3.63, 3.8) is 0 Å². The number of amides is 2. The lowest BCUT2D eigenvalue weighted by atomic mass is 10.0. The van der Waals surface area contributed by atoms with Gasteiger partial charge in [0.2, 0.25) is 5.91 Å². The van der Waals surface area contributed by atoms with E-state index in [0.29, 0.717) is 30.4 Å². The first-order valence-electron chi connectivity index (χ1n) is 8.82. The fourth-order valence-corrected chi connectivity index (χ4v) is 3.28. The molecule has 140 valence electrons. The smallest absolute Gasteiger partial charge is 0.251 e. The lowest BCUT2D eigenvalue weighted by Gasteiger charge is -2.20. The van der Waals surface area contributed by atoms with Gasteiger partial charge in [-0.05, 0) is 61.9 Å². The van der Waals surface area contributed by atoms with Crippen molar-refractivity contribution in [1.82, 2.24) is 5.32 Å². The third-order valence-corrected chi connectivity index (χ3v) is 4.63. The van der Waals surface area contributed by atoms with Gasteiger partial charge in [0.05, 0.1) is 0 Å². The molecule has 2 atom stereocenters. The van der Waals surface area contributed by atoms with Crippen molar-refractivity contribution >= 4 is 29.9 Å². The first-order chi connectivity index (χ1) is 11.4. The highest BCUT2D eigenvalue weighted by Gasteiger charge is 2.27. The van der Waals surface area contributed by atoms with E-state index in [1.807, 2.05) is 26.8 Å². The van der Waals surface area contributed by atoms with Crippen molar-refractivity contribution in [1.29, 1.82) is 0 Å². The van der Waals surface area contributed by atoms with Crippen LogP contribution < -0.4 is 16.4 Å². The summed E-state index contributed by atoms with van der Waals surface area (Å²) in [6.45, 7) is 6.54. The highest BCUT2D eigenvalue weighted by atomic mass is 35.5. The van der Waals surface area contributed by atoms with E-state index in [1.54, 1.807) is 12.1 Å². The molecular formula is C19H30ClN3O2. The predicted molar refractivity (Wildman–Crippen MR) is 104 cm³/mol. The van der Waals surface area contributed by atoms with E-state index in [4.69, 9.17) is 5.73 Å². The number of halogens is 1. The molecule has 1 aliphatic carbocycles. The van der Waals surface area contributed by atoms with Crippen LogP contribution in [0.25, 0.3) is 0 Å². The van der Waals surface area contributed by atoms with Gasteiger partial charge in [-0.1, -0.05) is 20.3 Å². The summed E-state index contributed by atoms with van der Waals surface area (Å²) in [6, 6.07) is 5.57. The fraction of sp³-hybridized carbons (Fsp3) is 0.579. The van der Waals surface area contributed by atoms with Crippen LogP contribution in [0.4, 0.5) is 5.69 Å². The zero-order valence-corrected chi connectivity index (χ0v) is 16.1. The molecule has 2 unspecified atom stereocenters. The number of carbonyl (C=O) groups is 2. The second-order valence-corrected chi connectivity index (χ2v) is 7.18. The first kappa shape index (κ1) is 21.5. The molecular weight excluding hydrogens is 338 g/mol. The van der Waals surface area contributed by atoms with E-state index in [1.165, 1.54) is 0 Å². The van der Waals surface area contributed by atoms with E-state index in [-0.39, 0.29) is 30.3 Å². The zero-order valence-electron chi connectivity index (χ0n) is 15.3. The number of aryl methyl sites for hydroxylation is 1. The molecule has 2 rings (SSSR count). The summed E-state index contributed by atoms with van der Waals surface area (Å²) < 4.78 is 0. The van der Waals surface area contributed by atoms with Crippen LogP contribution in [0, 0.1) is 18.8 Å². The van der Waals surface area contributed by atoms with Crippen LogP contribution in [0.15, 0.2) is 18.2 Å². The molecule has 5 nitrogen and oxygen atoms in total. The number of nitrogens with two attached hydrogens (primary N) is 1. The third-order valence-electron chi connectivity index (χ3n) is 4.63. The van der Waals surface area contributed by atoms with Gasteiger partial charge >= 0.3 is 0 Å². The Hall–Kier alpha value is -1.59. The summed E-state index contributed by atoms with van der Waals surface area (Å²) in [6.07, 6.45) is 3.69. The molecule has 0 bridgehead atoms. The fourth-order valence-electron chi connectivity index (χ4n) is 3.28. The largest absolute Gasteiger partial charge is 0.349 e. The first-order valence-corrected chi connectivity index (χ1v) is 8.82. The average molecular weight is 368 g/mol. The molecule has 0 aromatic heterocycles. The van der Waals surface area contributed by atoms with Crippen molar-refractivity contribution in [2.24, 2.45) is 17.6 Å². The van der Waals surface area contributed by atoms with Crippen LogP contribution in [0.2, 0.25) is 0 Å². The van der Waals surface area contributed by atoms with Gasteiger partial charge in [0.15, 0.2) is 0 Å². The van der Waals surface area contributed by atoms with Gasteiger partial charge in [0, 0.05) is 23.7 Å². The SMILES string of the molecule is Cc1cc(C(=O)NC2CCCC2CN)ccc1NC(=O)CC(C)C.Cl. The zero-order chi connectivity index (χ0) is 17.7. The second kappa shape index (κ2) is 9.78. The van der Waals surface area contributed by atoms with E-state index < -0.39 is 0 Å². The second-order valence-electron chi connectivity index (χ2n) is 7.18. The molecule has 1 aromatic carbocycles. The Bertz CT molecular complexity index is 604. The van der Waals surface area contributed by atoms with Crippen LogP contribution in [0.5, 0.6) is 0 Å². The van der Waals surface area contributed by atoms with E-state index in [2.05, 4.69) is 10.6 Å². The number of benzene rings is 1. The van der Waals surface area contributed by atoms with E-state index in [9.17, 15) is 9.59 Å². The van der Waals surface area contributed by atoms with Crippen LogP contribution in [-0.2, 0) is 4.79 Å². The average Bonchev–Trinajstić information content (AvgIpc) is 2.95. The Morgan fingerprint density at radius 1 is 1.28 bits per heavy atom. The highest BCUT2D eigenvalue weighted by molar-refractivity contribution is 5.96. The van der Waals surface area contributed by atoms with Gasteiger partial charge in [-0.25, -0.2) is 0 Å². The minimum absolute atomic E-state index is 0. The molecule has 0 heterocycles. The molecule has 1 saturated carbocycles. The van der Waals surface area contributed by atoms with Crippen LogP contribution in [-0.4, -0.2) is 24.4 Å². The molecule has 0 spiro atoms. The molecule has 0 saturated heterocycles.